The van der Waals surface area contributed by atoms with Gasteiger partial charge in [-0.1, -0.05) is 70.1 Å². The van der Waals surface area contributed by atoms with Crippen molar-refractivity contribution in [3.05, 3.63) is 10.1 Å². The zero-order valence-electron chi connectivity index (χ0n) is 22.2. The monoisotopic (exact) mass is 500 g/mol. The first-order valence-corrected chi connectivity index (χ1v) is 13.1. The summed E-state index contributed by atoms with van der Waals surface area (Å²) in [5.74, 6) is -0.643. The number of alkyl carbamates (subject to hydrolysis) is 1. The van der Waals surface area contributed by atoms with Gasteiger partial charge in [-0.25, -0.2) is 14.9 Å². The second-order valence-corrected chi connectivity index (χ2v) is 9.84. The van der Waals surface area contributed by atoms with Crippen LogP contribution in [0.2, 0.25) is 0 Å². The third-order valence-electron chi connectivity index (χ3n) is 5.26. The van der Waals surface area contributed by atoms with Crippen molar-refractivity contribution >= 4 is 18.0 Å². The topological polar surface area (TPSA) is 158 Å². The summed E-state index contributed by atoms with van der Waals surface area (Å²) < 4.78 is 5.28. The fraction of sp³-hybridized carbons (Fsp3) is 0.875. The molecule has 0 rings (SSSR count). The van der Waals surface area contributed by atoms with Crippen molar-refractivity contribution in [2.75, 3.05) is 13.1 Å². The van der Waals surface area contributed by atoms with E-state index in [1.54, 1.807) is 26.2 Å². The molecule has 0 aliphatic heterocycles. The quantitative estimate of drug-likeness (QED) is 0.0578. The van der Waals surface area contributed by atoms with E-state index in [1.165, 1.54) is 44.9 Å². The van der Waals surface area contributed by atoms with Gasteiger partial charge in [0.25, 0.3) is 5.96 Å². The minimum Gasteiger partial charge on any atom is -0.444 e. The number of nitrogens with zero attached hydrogens (tertiary/aromatic N) is 1. The van der Waals surface area contributed by atoms with Crippen LogP contribution in [0.3, 0.4) is 0 Å². The Morgan fingerprint density at radius 1 is 0.886 bits per heavy atom. The van der Waals surface area contributed by atoms with Crippen molar-refractivity contribution in [2.24, 2.45) is 0 Å². The molecule has 1 unspecified atom stereocenters. The van der Waals surface area contributed by atoms with Crippen molar-refractivity contribution < 1.29 is 19.4 Å². The van der Waals surface area contributed by atoms with E-state index in [0.29, 0.717) is 32.4 Å². The number of unbranched alkanes of at least 4 members (excludes halogenated alkanes) is 10. The zero-order chi connectivity index (χ0) is 26.5. The lowest BCUT2D eigenvalue weighted by atomic mass is 10.1. The Kier molecular flexibility index (Phi) is 18.2. The minimum absolute atomic E-state index is 0.248. The van der Waals surface area contributed by atoms with Gasteiger partial charge < -0.3 is 20.7 Å². The standard InChI is InChI=1S/C24H48N6O5/c1-5-6-7-8-9-10-11-12-13-15-18-26-21(31)20(28-23(32)35-24(2,3)4)17-14-16-19-27-22(25)29-30(33)34/h20H,5-19H2,1-4H3,(H,26,31)(H,28,32)(H3,25,27,29). The molecule has 11 heteroatoms. The van der Waals surface area contributed by atoms with Gasteiger partial charge in [-0.2, -0.15) is 0 Å². The fourth-order valence-electron chi connectivity index (χ4n) is 3.48. The minimum atomic E-state index is -0.810. The largest absolute Gasteiger partial charge is 0.444 e. The Labute approximate surface area is 210 Å². The predicted octanol–water partition coefficient (Wildman–Crippen LogP) is 4.39. The highest BCUT2D eigenvalue weighted by Gasteiger charge is 2.23. The second-order valence-electron chi connectivity index (χ2n) is 9.84. The van der Waals surface area contributed by atoms with Crippen molar-refractivity contribution in [3.8, 4) is 0 Å². The van der Waals surface area contributed by atoms with Crippen LogP contribution >= 0.6 is 0 Å². The maximum absolute atomic E-state index is 12.7. The van der Waals surface area contributed by atoms with E-state index in [2.05, 4.69) is 22.9 Å². The average Bonchev–Trinajstić information content (AvgIpc) is 2.74. The van der Waals surface area contributed by atoms with E-state index >= 15 is 0 Å². The number of carbonyl (C=O) groups is 2. The number of nitrogens with one attached hydrogen (secondary N) is 5. The van der Waals surface area contributed by atoms with Crippen LogP contribution in [-0.4, -0.2) is 47.7 Å². The van der Waals surface area contributed by atoms with Gasteiger partial charge in [-0.05, 0) is 46.5 Å². The van der Waals surface area contributed by atoms with Crippen LogP contribution < -0.4 is 21.4 Å². The van der Waals surface area contributed by atoms with Crippen LogP contribution in [0.4, 0.5) is 4.79 Å². The highest BCUT2D eigenvalue weighted by molar-refractivity contribution is 5.85. The van der Waals surface area contributed by atoms with Gasteiger partial charge in [0.1, 0.15) is 11.6 Å². The highest BCUT2D eigenvalue weighted by Crippen LogP contribution is 2.11. The lowest BCUT2D eigenvalue weighted by Crippen LogP contribution is -2.48. The van der Waals surface area contributed by atoms with Crippen LogP contribution in [0.5, 0.6) is 0 Å². The van der Waals surface area contributed by atoms with E-state index in [9.17, 15) is 19.7 Å². The predicted molar refractivity (Wildman–Crippen MR) is 138 cm³/mol. The molecular weight excluding hydrogens is 452 g/mol. The molecule has 0 aromatic carbocycles. The summed E-state index contributed by atoms with van der Waals surface area (Å²) in [7, 11) is 0. The van der Waals surface area contributed by atoms with E-state index in [1.807, 2.05) is 0 Å². The van der Waals surface area contributed by atoms with Crippen molar-refractivity contribution in [2.45, 2.75) is 123 Å². The molecule has 1 atom stereocenters. The van der Waals surface area contributed by atoms with Crippen molar-refractivity contribution in [3.63, 3.8) is 0 Å². The summed E-state index contributed by atoms with van der Waals surface area (Å²) in [6.07, 6.45) is 13.1. The molecule has 0 aliphatic carbocycles. The number of carbonyl (C=O) groups excluding carboxylic acids is 2. The molecule has 0 aliphatic rings. The van der Waals surface area contributed by atoms with Crippen LogP contribution in [0.1, 0.15) is 111 Å². The third kappa shape index (κ3) is 21.7. The Morgan fingerprint density at radius 2 is 1.40 bits per heavy atom. The smallest absolute Gasteiger partial charge is 0.408 e. The number of hydrazine groups is 1. The maximum atomic E-state index is 12.7. The lowest BCUT2D eigenvalue weighted by molar-refractivity contribution is -0.525. The Morgan fingerprint density at radius 3 is 1.94 bits per heavy atom. The zero-order valence-corrected chi connectivity index (χ0v) is 22.2. The molecule has 0 bridgehead atoms. The van der Waals surface area contributed by atoms with Gasteiger partial charge in [0.15, 0.2) is 5.03 Å². The number of guanidine groups is 1. The molecule has 0 aromatic heterocycles. The first-order chi connectivity index (χ1) is 16.5. The van der Waals surface area contributed by atoms with Crippen molar-refractivity contribution in [1.82, 2.24) is 21.4 Å². The fourth-order valence-corrected chi connectivity index (χ4v) is 3.48. The number of hydrogen-bond donors (Lipinski definition) is 5. The summed E-state index contributed by atoms with van der Waals surface area (Å²) in [4.78, 5) is 35.2. The van der Waals surface area contributed by atoms with Gasteiger partial charge >= 0.3 is 6.09 Å². The third-order valence-corrected chi connectivity index (χ3v) is 5.26. The summed E-state index contributed by atoms with van der Waals surface area (Å²) >= 11 is 0. The molecule has 0 heterocycles. The molecule has 0 aromatic rings. The Balaban J connectivity index is 4.29. The molecule has 0 saturated heterocycles. The summed E-state index contributed by atoms with van der Waals surface area (Å²) in [5.41, 5.74) is 1.05. The second kappa shape index (κ2) is 19.7. The maximum Gasteiger partial charge on any atom is 0.408 e. The Hall–Kier alpha value is -2.59. The van der Waals surface area contributed by atoms with E-state index < -0.39 is 28.7 Å². The molecule has 0 spiro atoms. The molecule has 11 nitrogen and oxygen atoms in total. The van der Waals surface area contributed by atoms with Crippen LogP contribution in [0.15, 0.2) is 0 Å². The number of ether oxygens (including phenoxy) is 1. The molecule has 0 fully saturated rings. The molecule has 0 radical (unpaired) electrons. The first-order valence-electron chi connectivity index (χ1n) is 13.1. The number of rotatable bonds is 19. The van der Waals surface area contributed by atoms with Crippen LogP contribution in [-0.2, 0) is 9.53 Å². The summed E-state index contributed by atoms with van der Waals surface area (Å²) in [6.45, 7) is 8.39. The Bertz CT molecular complexity index is 624. The number of amides is 2. The summed E-state index contributed by atoms with van der Waals surface area (Å²) in [6, 6.07) is -0.732. The molecule has 2 amide bonds. The van der Waals surface area contributed by atoms with Gasteiger partial charge in [-0.3, -0.25) is 10.2 Å². The van der Waals surface area contributed by atoms with Gasteiger partial charge in [0.05, 0.1) is 0 Å². The summed E-state index contributed by atoms with van der Waals surface area (Å²) in [5, 5.41) is 25.0. The molecular formula is C24H48N6O5. The molecule has 35 heavy (non-hydrogen) atoms. The molecule has 204 valence electrons. The number of hydrogen-bond acceptors (Lipinski definition) is 6. The average molecular weight is 501 g/mol. The van der Waals surface area contributed by atoms with E-state index in [0.717, 1.165) is 19.3 Å². The van der Waals surface area contributed by atoms with Crippen LogP contribution in [0.25, 0.3) is 0 Å². The van der Waals surface area contributed by atoms with Gasteiger partial charge in [-0.15, -0.1) is 0 Å². The van der Waals surface area contributed by atoms with Crippen molar-refractivity contribution in [1.29, 1.82) is 5.41 Å². The lowest BCUT2D eigenvalue weighted by Gasteiger charge is -2.23. The normalized spacial score (nSPS) is 11.9. The highest BCUT2D eigenvalue weighted by atomic mass is 16.7. The van der Waals surface area contributed by atoms with Gasteiger partial charge in [0, 0.05) is 13.1 Å². The van der Waals surface area contributed by atoms with E-state index in [-0.39, 0.29) is 5.91 Å². The van der Waals surface area contributed by atoms with Gasteiger partial charge in [0.2, 0.25) is 5.91 Å². The first kappa shape index (κ1) is 32.4. The molecule has 5 N–H and O–H groups in total. The SMILES string of the molecule is CCCCCCCCCCCCNC(=O)C(CCCCNC(=N)N[N+](=O)[O-])NC(=O)OC(C)(C)C. The molecule has 0 saturated carbocycles. The number of nitro groups is 1. The van der Waals surface area contributed by atoms with E-state index in [4.69, 9.17) is 10.1 Å². The van der Waals surface area contributed by atoms with Crippen LogP contribution in [0, 0.1) is 15.5 Å².